The van der Waals surface area contributed by atoms with Crippen LogP contribution in [0.2, 0.25) is 5.02 Å². The molecule has 0 bridgehead atoms. The van der Waals surface area contributed by atoms with Crippen molar-refractivity contribution >= 4 is 23.2 Å². The molecule has 4 aromatic rings. The van der Waals surface area contributed by atoms with Gasteiger partial charge in [0.2, 0.25) is 0 Å². The Kier molecular flexibility index (Phi) is 4.18. The number of rotatable bonds is 3. The number of nitrogens with one attached hydrogen (secondary N) is 1. The standard InChI is InChI=1S/C23H15ClFN3O/c24-16-10-6-15(7-11-16)22-19-20(14-8-12-17(25)13-9-14)26-27-21(19)23(29)28(22)18-4-2-1-3-5-18/h1-13,22H,(H,26,27)/t22-/m1/s1. The van der Waals surface area contributed by atoms with Crippen LogP contribution in [-0.4, -0.2) is 16.1 Å². The lowest BCUT2D eigenvalue weighted by Gasteiger charge is -2.26. The van der Waals surface area contributed by atoms with Crippen molar-refractivity contribution < 1.29 is 9.18 Å². The highest BCUT2D eigenvalue weighted by molar-refractivity contribution is 6.30. The van der Waals surface area contributed by atoms with Crippen LogP contribution in [0.25, 0.3) is 11.3 Å². The molecule has 1 atom stereocenters. The van der Waals surface area contributed by atoms with Gasteiger partial charge in [0, 0.05) is 21.8 Å². The number of amides is 1. The fourth-order valence-corrected chi connectivity index (χ4v) is 3.92. The fourth-order valence-electron chi connectivity index (χ4n) is 3.79. The van der Waals surface area contributed by atoms with Crippen LogP contribution in [0, 0.1) is 5.82 Å². The SMILES string of the molecule is O=C1c2[nH]nc(-c3ccc(F)cc3)c2[C@@H](c2ccc(Cl)cc2)N1c1ccccc1. The number of carbonyl (C=O) groups is 1. The highest BCUT2D eigenvalue weighted by Crippen LogP contribution is 2.45. The average molecular weight is 404 g/mol. The molecule has 1 aromatic heterocycles. The maximum absolute atomic E-state index is 13.4. The zero-order valence-corrected chi connectivity index (χ0v) is 15.9. The van der Waals surface area contributed by atoms with Crippen molar-refractivity contribution in [1.82, 2.24) is 10.2 Å². The molecule has 142 valence electrons. The van der Waals surface area contributed by atoms with Gasteiger partial charge in [-0.2, -0.15) is 5.10 Å². The van der Waals surface area contributed by atoms with E-state index >= 15 is 0 Å². The van der Waals surface area contributed by atoms with E-state index < -0.39 is 0 Å². The monoisotopic (exact) mass is 403 g/mol. The second kappa shape index (κ2) is 6.87. The Labute approximate surface area is 171 Å². The van der Waals surface area contributed by atoms with Crippen LogP contribution in [0.4, 0.5) is 10.1 Å². The number of nitrogens with zero attached hydrogens (tertiary/aromatic N) is 2. The molecule has 4 nitrogen and oxygen atoms in total. The summed E-state index contributed by atoms with van der Waals surface area (Å²) in [5, 5.41) is 7.91. The van der Waals surface area contributed by atoms with E-state index in [0.29, 0.717) is 16.4 Å². The van der Waals surface area contributed by atoms with E-state index in [1.807, 2.05) is 42.5 Å². The van der Waals surface area contributed by atoms with Crippen molar-refractivity contribution in [3.05, 3.63) is 107 Å². The van der Waals surface area contributed by atoms with E-state index in [9.17, 15) is 9.18 Å². The van der Waals surface area contributed by atoms with Gasteiger partial charge in [0.15, 0.2) is 0 Å². The number of H-pyrrole nitrogens is 1. The van der Waals surface area contributed by atoms with Gasteiger partial charge in [0.25, 0.3) is 5.91 Å². The van der Waals surface area contributed by atoms with E-state index in [-0.39, 0.29) is 17.8 Å². The first kappa shape index (κ1) is 17.6. The molecule has 0 aliphatic carbocycles. The first-order valence-corrected chi connectivity index (χ1v) is 9.49. The summed E-state index contributed by atoms with van der Waals surface area (Å²) in [4.78, 5) is 15.1. The van der Waals surface area contributed by atoms with Crippen LogP contribution in [-0.2, 0) is 0 Å². The quantitative estimate of drug-likeness (QED) is 0.482. The van der Waals surface area contributed by atoms with E-state index in [0.717, 1.165) is 22.4 Å². The second-order valence-corrected chi connectivity index (χ2v) is 7.27. The van der Waals surface area contributed by atoms with Crippen molar-refractivity contribution in [3.63, 3.8) is 0 Å². The van der Waals surface area contributed by atoms with Crippen LogP contribution in [0.15, 0.2) is 78.9 Å². The Morgan fingerprint density at radius 2 is 1.62 bits per heavy atom. The minimum absolute atomic E-state index is 0.160. The van der Waals surface area contributed by atoms with E-state index in [4.69, 9.17) is 11.6 Å². The minimum Gasteiger partial charge on any atom is -0.295 e. The summed E-state index contributed by atoms with van der Waals surface area (Å²) in [6.45, 7) is 0. The van der Waals surface area contributed by atoms with Crippen molar-refractivity contribution in [2.24, 2.45) is 0 Å². The highest BCUT2D eigenvalue weighted by Gasteiger charge is 2.42. The molecule has 6 heteroatoms. The van der Waals surface area contributed by atoms with Crippen LogP contribution in [0.5, 0.6) is 0 Å². The summed E-state index contributed by atoms with van der Waals surface area (Å²) in [5.74, 6) is -0.482. The summed E-state index contributed by atoms with van der Waals surface area (Å²) < 4.78 is 13.4. The molecule has 0 unspecified atom stereocenters. The normalized spacial score (nSPS) is 15.6. The molecular formula is C23H15ClFN3O. The van der Waals surface area contributed by atoms with E-state index in [1.165, 1.54) is 12.1 Å². The van der Waals surface area contributed by atoms with Crippen molar-refractivity contribution in [2.75, 3.05) is 4.90 Å². The van der Waals surface area contributed by atoms with Crippen molar-refractivity contribution in [3.8, 4) is 11.3 Å². The van der Waals surface area contributed by atoms with E-state index in [2.05, 4.69) is 10.2 Å². The molecule has 0 saturated carbocycles. The molecule has 29 heavy (non-hydrogen) atoms. The third-order valence-corrected chi connectivity index (χ3v) is 5.36. The number of hydrogen-bond donors (Lipinski definition) is 1. The predicted molar refractivity (Wildman–Crippen MR) is 111 cm³/mol. The van der Waals surface area contributed by atoms with Crippen molar-refractivity contribution in [2.45, 2.75) is 6.04 Å². The fraction of sp³-hybridized carbons (Fsp3) is 0.0435. The molecule has 1 aliphatic heterocycles. The first-order chi connectivity index (χ1) is 14.1. The van der Waals surface area contributed by atoms with Gasteiger partial charge < -0.3 is 0 Å². The third kappa shape index (κ3) is 2.91. The molecule has 1 N–H and O–H groups in total. The smallest absolute Gasteiger partial charge is 0.277 e. The molecule has 0 saturated heterocycles. The van der Waals surface area contributed by atoms with Gasteiger partial charge in [0.05, 0.1) is 11.7 Å². The Hall–Kier alpha value is -3.44. The molecule has 5 rings (SSSR count). The Bertz CT molecular complexity index is 1190. The predicted octanol–water partition coefficient (Wildman–Crippen LogP) is 5.62. The molecule has 0 spiro atoms. The van der Waals surface area contributed by atoms with E-state index in [1.54, 1.807) is 29.2 Å². The highest BCUT2D eigenvalue weighted by atomic mass is 35.5. The largest absolute Gasteiger partial charge is 0.295 e. The minimum atomic E-state index is -0.379. The van der Waals surface area contributed by atoms with Gasteiger partial charge in [-0.15, -0.1) is 0 Å². The van der Waals surface area contributed by atoms with Gasteiger partial charge in [0.1, 0.15) is 11.5 Å². The number of aromatic nitrogens is 2. The van der Waals surface area contributed by atoms with Gasteiger partial charge in [-0.3, -0.25) is 14.8 Å². The van der Waals surface area contributed by atoms with Crippen LogP contribution in [0.3, 0.4) is 0 Å². The second-order valence-electron chi connectivity index (χ2n) is 6.83. The Balaban J connectivity index is 1.72. The van der Waals surface area contributed by atoms with Crippen LogP contribution in [0.1, 0.15) is 27.7 Å². The number of fused-ring (bicyclic) bond motifs is 1. The topological polar surface area (TPSA) is 49.0 Å². The summed E-state index contributed by atoms with van der Waals surface area (Å²) in [5.41, 5.74) is 4.28. The summed E-state index contributed by atoms with van der Waals surface area (Å²) in [7, 11) is 0. The number of halogens is 2. The number of hydrogen-bond acceptors (Lipinski definition) is 2. The molecule has 2 heterocycles. The Morgan fingerprint density at radius 3 is 2.31 bits per heavy atom. The molecule has 0 fully saturated rings. The van der Waals surface area contributed by atoms with Gasteiger partial charge in [-0.25, -0.2) is 4.39 Å². The summed E-state index contributed by atoms with van der Waals surface area (Å²) in [6.07, 6.45) is 0. The van der Waals surface area contributed by atoms with Crippen LogP contribution < -0.4 is 4.90 Å². The average Bonchev–Trinajstić information content (AvgIpc) is 3.29. The Morgan fingerprint density at radius 1 is 0.931 bits per heavy atom. The molecule has 3 aromatic carbocycles. The number of carbonyl (C=O) groups excluding carboxylic acids is 1. The summed E-state index contributed by atoms with van der Waals surface area (Å²) in [6, 6.07) is 22.7. The number of para-hydroxylation sites is 1. The number of anilines is 1. The lowest BCUT2D eigenvalue weighted by Crippen LogP contribution is -2.29. The lowest BCUT2D eigenvalue weighted by molar-refractivity contribution is 0.0989. The molecule has 1 amide bonds. The van der Waals surface area contributed by atoms with Gasteiger partial charge >= 0.3 is 0 Å². The van der Waals surface area contributed by atoms with Gasteiger partial charge in [-0.1, -0.05) is 41.9 Å². The van der Waals surface area contributed by atoms with Crippen LogP contribution >= 0.6 is 11.6 Å². The zero-order valence-electron chi connectivity index (χ0n) is 15.1. The molecule has 0 radical (unpaired) electrons. The third-order valence-electron chi connectivity index (χ3n) is 5.11. The lowest BCUT2D eigenvalue weighted by atomic mass is 9.96. The maximum atomic E-state index is 13.4. The van der Waals surface area contributed by atoms with Gasteiger partial charge in [-0.05, 0) is 54.1 Å². The molecule has 1 aliphatic rings. The summed E-state index contributed by atoms with van der Waals surface area (Å²) >= 11 is 6.09. The van der Waals surface area contributed by atoms with Crippen molar-refractivity contribution in [1.29, 1.82) is 0 Å². The number of benzene rings is 3. The number of aromatic amines is 1. The maximum Gasteiger partial charge on any atom is 0.277 e. The first-order valence-electron chi connectivity index (χ1n) is 9.12. The zero-order chi connectivity index (χ0) is 20.0. The molecular weight excluding hydrogens is 389 g/mol.